The minimum Gasteiger partial charge on any atom is -0.507 e. The third-order valence-corrected chi connectivity index (χ3v) is 6.85. The van der Waals surface area contributed by atoms with Crippen LogP contribution in [0.2, 0.25) is 0 Å². The Morgan fingerprint density at radius 2 is 1.78 bits per heavy atom. The molecule has 0 aliphatic carbocycles. The largest absolute Gasteiger partial charge is 0.507 e. The van der Waals surface area contributed by atoms with Crippen molar-refractivity contribution in [1.29, 1.82) is 0 Å². The van der Waals surface area contributed by atoms with Gasteiger partial charge in [0.2, 0.25) is 0 Å². The van der Waals surface area contributed by atoms with E-state index in [1.165, 1.54) is 19.1 Å². The molecule has 3 aromatic rings. The van der Waals surface area contributed by atoms with Gasteiger partial charge in [0.25, 0.3) is 5.78 Å². The number of Topliss-reactive ketones (excluding diaryl/α,β-unsaturated/α-hetero) is 1. The third-order valence-electron chi connectivity index (χ3n) is 5.72. The fourth-order valence-corrected chi connectivity index (χ4v) is 5.05. The first-order chi connectivity index (χ1) is 17.7. The Morgan fingerprint density at radius 3 is 2.41 bits per heavy atom. The van der Waals surface area contributed by atoms with Gasteiger partial charge in [-0.3, -0.25) is 14.5 Å². The molecule has 0 spiro atoms. The van der Waals surface area contributed by atoms with E-state index in [2.05, 4.69) is 4.98 Å². The first kappa shape index (κ1) is 25.9. The van der Waals surface area contributed by atoms with Crippen molar-refractivity contribution in [1.82, 2.24) is 4.98 Å². The number of hydrogen-bond acceptors (Lipinski definition) is 9. The maximum absolute atomic E-state index is 13.4. The Kier molecular flexibility index (Phi) is 7.30. The Hall–Kier alpha value is -4.18. The fourth-order valence-electron chi connectivity index (χ4n) is 4.04. The van der Waals surface area contributed by atoms with Crippen molar-refractivity contribution in [3.63, 3.8) is 0 Å². The second kappa shape index (κ2) is 10.4. The molecular formula is C27H26N2O7S. The summed E-state index contributed by atoms with van der Waals surface area (Å²) in [6.45, 7) is 5.42. The quantitative estimate of drug-likeness (QED) is 0.206. The zero-order chi connectivity index (χ0) is 26.9. The molecule has 10 heteroatoms. The second-order valence-electron chi connectivity index (χ2n) is 8.54. The van der Waals surface area contributed by atoms with Crippen LogP contribution in [0.15, 0.2) is 54.1 Å². The number of nitrogens with zero attached hydrogens (tertiary/aromatic N) is 2. The Labute approximate surface area is 217 Å². The van der Waals surface area contributed by atoms with E-state index in [1.54, 1.807) is 55.5 Å². The summed E-state index contributed by atoms with van der Waals surface area (Å²) in [7, 11) is 2.74. The molecule has 4 rings (SSSR count). The van der Waals surface area contributed by atoms with Crippen LogP contribution >= 0.6 is 11.3 Å². The van der Waals surface area contributed by atoms with Gasteiger partial charge >= 0.3 is 11.9 Å². The van der Waals surface area contributed by atoms with Crippen LogP contribution in [0.25, 0.3) is 5.76 Å². The van der Waals surface area contributed by atoms with Gasteiger partial charge in [-0.15, -0.1) is 0 Å². The lowest BCUT2D eigenvalue weighted by atomic mass is 9.95. The number of aromatic nitrogens is 1. The molecule has 1 aromatic heterocycles. The van der Waals surface area contributed by atoms with Crippen molar-refractivity contribution in [3.05, 3.63) is 75.8 Å². The van der Waals surface area contributed by atoms with E-state index >= 15 is 0 Å². The highest BCUT2D eigenvalue weighted by molar-refractivity contribution is 7.17. The van der Waals surface area contributed by atoms with E-state index in [1.807, 2.05) is 13.8 Å². The fraction of sp³-hybridized carbons (Fsp3) is 0.259. The van der Waals surface area contributed by atoms with Crippen molar-refractivity contribution >= 4 is 39.9 Å². The zero-order valence-corrected chi connectivity index (χ0v) is 21.8. The van der Waals surface area contributed by atoms with Gasteiger partial charge in [-0.1, -0.05) is 35.6 Å². The summed E-state index contributed by atoms with van der Waals surface area (Å²) in [5.41, 5.74) is 1.11. The van der Waals surface area contributed by atoms with Crippen molar-refractivity contribution in [2.75, 3.05) is 19.1 Å². The van der Waals surface area contributed by atoms with Crippen LogP contribution in [0.1, 0.15) is 46.4 Å². The van der Waals surface area contributed by atoms with Crippen LogP contribution < -0.4 is 14.4 Å². The number of aryl methyl sites for hydroxylation is 1. The van der Waals surface area contributed by atoms with Crippen molar-refractivity contribution in [2.24, 2.45) is 0 Å². The molecule has 0 unspecified atom stereocenters. The predicted molar refractivity (Wildman–Crippen MR) is 138 cm³/mol. The average Bonchev–Trinajstić information content (AvgIpc) is 3.39. The molecule has 2 heterocycles. The lowest BCUT2D eigenvalue weighted by Gasteiger charge is -2.23. The number of carbonyl (C=O) groups is 3. The number of benzene rings is 2. The molecule has 9 nitrogen and oxygen atoms in total. The summed E-state index contributed by atoms with van der Waals surface area (Å²) in [6.07, 6.45) is -0.0421. The highest BCUT2D eigenvalue weighted by Crippen LogP contribution is 2.44. The SMILES string of the molecule is COC(=O)c1sc(N2C(=O)C(=O)C(=C(O)c3cccc(OC)c3)[C@H]2c2ccc(OC(C)C)cc2)nc1C. The number of anilines is 1. The molecule has 1 saturated heterocycles. The standard InChI is InChI=1S/C27H26N2O7S/c1-14(2)36-18-11-9-16(10-12-18)21-20(22(30)17-7-6-8-19(13-17)34-4)23(31)25(32)29(21)27-28-15(3)24(37-27)26(33)35-5/h6-14,21,30H,1-5H3/t21-/m1/s1. The number of ketones is 1. The van der Waals surface area contributed by atoms with Gasteiger partial charge in [-0.05, 0) is 50.6 Å². The van der Waals surface area contributed by atoms with Gasteiger partial charge in [0.15, 0.2) is 5.13 Å². The molecule has 1 aliphatic heterocycles. The molecule has 1 aliphatic rings. The Bertz CT molecular complexity index is 1390. The van der Waals surface area contributed by atoms with Crippen molar-refractivity contribution in [2.45, 2.75) is 32.9 Å². The lowest BCUT2D eigenvalue weighted by Crippen LogP contribution is -2.29. The molecular weight excluding hydrogens is 496 g/mol. The topological polar surface area (TPSA) is 115 Å². The summed E-state index contributed by atoms with van der Waals surface area (Å²) in [5, 5.41) is 11.4. The van der Waals surface area contributed by atoms with E-state index in [9.17, 15) is 19.5 Å². The van der Waals surface area contributed by atoms with E-state index in [-0.39, 0.29) is 27.4 Å². The van der Waals surface area contributed by atoms with Crippen LogP contribution in [0, 0.1) is 6.92 Å². The molecule has 37 heavy (non-hydrogen) atoms. The monoisotopic (exact) mass is 522 g/mol. The molecule has 1 N–H and O–H groups in total. The predicted octanol–water partition coefficient (Wildman–Crippen LogP) is 4.66. The summed E-state index contributed by atoms with van der Waals surface area (Å²) in [4.78, 5) is 44.7. The van der Waals surface area contributed by atoms with Gasteiger partial charge in [-0.25, -0.2) is 9.78 Å². The van der Waals surface area contributed by atoms with Crippen LogP contribution in [0.3, 0.4) is 0 Å². The number of aliphatic hydroxyl groups is 1. The second-order valence-corrected chi connectivity index (χ2v) is 9.52. The van der Waals surface area contributed by atoms with E-state index in [4.69, 9.17) is 14.2 Å². The van der Waals surface area contributed by atoms with Crippen molar-refractivity contribution in [3.8, 4) is 11.5 Å². The summed E-state index contributed by atoms with van der Waals surface area (Å²) >= 11 is 0.939. The van der Waals surface area contributed by atoms with E-state index in [0.717, 1.165) is 11.3 Å². The van der Waals surface area contributed by atoms with Gasteiger partial charge < -0.3 is 19.3 Å². The third kappa shape index (κ3) is 4.92. The maximum Gasteiger partial charge on any atom is 0.350 e. The summed E-state index contributed by atoms with van der Waals surface area (Å²) < 4.78 is 15.8. The number of amides is 1. The van der Waals surface area contributed by atoms with Crippen LogP contribution in [0.5, 0.6) is 11.5 Å². The lowest BCUT2D eigenvalue weighted by molar-refractivity contribution is -0.132. The minimum absolute atomic E-state index is 0.0421. The van der Waals surface area contributed by atoms with Crippen LogP contribution in [-0.2, 0) is 14.3 Å². The first-order valence-corrected chi connectivity index (χ1v) is 12.3. The number of aliphatic hydroxyl groups excluding tert-OH is 1. The molecule has 1 amide bonds. The number of carbonyl (C=O) groups excluding carboxylic acids is 3. The normalized spacial score (nSPS) is 16.8. The molecule has 1 fully saturated rings. The number of hydrogen-bond donors (Lipinski definition) is 1. The minimum atomic E-state index is -1.00. The highest BCUT2D eigenvalue weighted by Gasteiger charge is 2.48. The van der Waals surface area contributed by atoms with E-state index in [0.29, 0.717) is 28.3 Å². The Morgan fingerprint density at radius 1 is 1.08 bits per heavy atom. The van der Waals surface area contributed by atoms with Crippen LogP contribution in [-0.4, -0.2) is 48.1 Å². The van der Waals surface area contributed by atoms with Gasteiger partial charge in [-0.2, -0.15) is 0 Å². The Balaban J connectivity index is 1.90. The number of esters is 1. The smallest absolute Gasteiger partial charge is 0.350 e. The van der Waals surface area contributed by atoms with E-state index < -0.39 is 23.7 Å². The number of methoxy groups -OCH3 is 2. The summed E-state index contributed by atoms with van der Waals surface area (Å²) in [6, 6.07) is 12.5. The molecule has 0 saturated carbocycles. The molecule has 0 bridgehead atoms. The zero-order valence-electron chi connectivity index (χ0n) is 21.0. The first-order valence-electron chi connectivity index (χ1n) is 11.4. The number of rotatable bonds is 7. The molecule has 2 aromatic carbocycles. The number of ether oxygens (including phenoxy) is 3. The molecule has 1 atom stereocenters. The highest BCUT2D eigenvalue weighted by atomic mass is 32.1. The molecule has 0 radical (unpaired) electrons. The molecule has 192 valence electrons. The summed E-state index contributed by atoms with van der Waals surface area (Å²) in [5.74, 6) is -1.61. The van der Waals surface area contributed by atoms with Gasteiger partial charge in [0.1, 0.15) is 22.1 Å². The van der Waals surface area contributed by atoms with Gasteiger partial charge in [0, 0.05) is 5.56 Å². The number of thiazole rings is 1. The maximum atomic E-state index is 13.4. The van der Waals surface area contributed by atoms with Gasteiger partial charge in [0.05, 0.1) is 37.6 Å². The van der Waals surface area contributed by atoms with Crippen molar-refractivity contribution < 1.29 is 33.7 Å². The average molecular weight is 523 g/mol. The van der Waals surface area contributed by atoms with Crippen LogP contribution in [0.4, 0.5) is 5.13 Å².